The highest BCUT2D eigenvalue weighted by Crippen LogP contribution is 2.50. The van der Waals surface area contributed by atoms with Crippen molar-refractivity contribution in [1.29, 1.82) is 0 Å². The monoisotopic (exact) mass is 812 g/mol. The van der Waals surface area contributed by atoms with Gasteiger partial charge in [-0.2, -0.15) is 0 Å². The summed E-state index contributed by atoms with van der Waals surface area (Å²) >= 11 is 3.89. The third kappa shape index (κ3) is 9.56. The number of halogens is 1. The molecule has 6 aromatic carbocycles. The van der Waals surface area contributed by atoms with Crippen LogP contribution in [0.4, 0.5) is 0 Å². The maximum Gasteiger partial charge on any atom is 0.162 e. The fraction of sp³-hybridized carbons (Fsp3) is 0.250. The first-order valence-corrected chi connectivity index (χ1v) is 20.1. The standard InChI is InChI=1S/C48H45BrO7/c49-46-43(54-33-37-21-11-4-12-22-37)29-41(52-31-35-17-7-2-8-18-35)39-28-44(55-45-23-13-14-26-50-45)47(56-48(39)46)38-24-25-40(51-30-34-15-5-1-6-16-34)42(27-38)53-32-36-19-9-3-10-20-36/h1-12,15-22,24-25,27,29,44-45,47H,13-14,23,26,28,30-33H2. The molecular formula is C48H45BrO7. The molecular weight excluding hydrogens is 768 g/mol. The van der Waals surface area contributed by atoms with Gasteiger partial charge in [-0.3, -0.25) is 0 Å². The number of rotatable bonds is 15. The molecule has 7 nitrogen and oxygen atoms in total. The van der Waals surface area contributed by atoms with Crippen LogP contribution >= 0.6 is 15.9 Å². The van der Waals surface area contributed by atoms with Crippen molar-refractivity contribution >= 4 is 15.9 Å². The second kappa shape index (κ2) is 18.6. The average Bonchev–Trinajstić information content (AvgIpc) is 3.26. The SMILES string of the molecule is Brc1c(OCc2ccccc2)cc(OCc2ccccc2)c2c1OC(c1ccc(OCc3ccccc3)c(OCc3ccccc3)c1)C(OC1CCCCO1)C2. The normalized spacial score (nSPS) is 17.6. The Labute approximate surface area is 337 Å². The molecule has 0 aromatic heterocycles. The third-order valence-electron chi connectivity index (χ3n) is 9.95. The van der Waals surface area contributed by atoms with E-state index >= 15 is 0 Å². The van der Waals surface area contributed by atoms with Crippen LogP contribution in [0, 0.1) is 0 Å². The maximum absolute atomic E-state index is 7.09. The Morgan fingerprint density at radius 3 is 1.59 bits per heavy atom. The highest BCUT2D eigenvalue weighted by molar-refractivity contribution is 9.10. The van der Waals surface area contributed by atoms with Crippen molar-refractivity contribution < 1.29 is 33.2 Å². The van der Waals surface area contributed by atoms with E-state index < -0.39 is 12.2 Å². The van der Waals surface area contributed by atoms with Crippen molar-refractivity contribution in [2.45, 2.75) is 70.6 Å². The zero-order chi connectivity index (χ0) is 37.9. The van der Waals surface area contributed by atoms with Crippen LogP contribution in [0.1, 0.15) is 58.7 Å². The number of benzene rings is 6. The first kappa shape index (κ1) is 37.6. The summed E-state index contributed by atoms with van der Waals surface area (Å²) in [5.41, 5.74) is 6.04. The van der Waals surface area contributed by atoms with Crippen LogP contribution in [-0.2, 0) is 42.3 Å². The molecule has 1 saturated heterocycles. The molecule has 1 fully saturated rings. The van der Waals surface area contributed by atoms with E-state index in [9.17, 15) is 0 Å². The molecule has 0 aliphatic carbocycles. The predicted octanol–water partition coefficient (Wildman–Crippen LogP) is 11.4. The Morgan fingerprint density at radius 2 is 1.05 bits per heavy atom. The van der Waals surface area contributed by atoms with Gasteiger partial charge in [-0.05, 0) is 75.1 Å². The molecule has 2 aliphatic heterocycles. The van der Waals surface area contributed by atoms with Gasteiger partial charge < -0.3 is 33.2 Å². The Kier molecular flexibility index (Phi) is 12.5. The summed E-state index contributed by atoms with van der Waals surface area (Å²) in [7, 11) is 0. The van der Waals surface area contributed by atoms with Gasteiger partial charge in [-0.15, -0.1) is 0 Å². The highest BCUT2D eigenvalue weighted by Gasteiger charge is 2.39. The Morgan fingerprint density at radius 1 is 0.536 bits per heavy atom. The fourth-order valence-corrected chi connectivity index (χ4v) is 7.54. The van der Waals surface area contributed by atoms with E-state index in [1.54, 1.807) is 0 Å². The van der Waals surface area contributed by atoms with Gasteiger partial charge in [0.25, 0.3) is 0 Å². The lowest BCUT2D eigenvalue weighted by Gasteiger charge is -2.38. The molecule has 0 N–H and O–H groups in total. The Balaban J connectivity index is 1.15. The molecule has 0 amide bonds. The molecule has 3 unspecified atom stereocenters. The predicted molar refractivity (Wildman–Crippen MR) is 219 cm³/mol. The second-order valence-corrected chi connectivity index (χ2v) is 14.8. The van der Waals surface area contributed by atoms with E-state index in [1.807, 2.05) is 109 Å². The molecule has 56 heavy (non-hydrogen) atoms. The summed E-state index contributed by atoms with van der Waals surface area (Å²) in [6.45, 7) is 2.23. The van der Waals surface area contributed by atoms with Crippen molar-refractivity contribution in [3.63, 3.8) is 0 Å². The molecule has 2 heterocycles. The molecule has 8 heteroatoms. The Bertz CT molecular complexity index is 2140. The van der Waals surface area contributed by atoms with E-state index in [4.69, 9.17) is 33.2 Å². The molecule has 8 rings (SSSR count). The average molecular weight is 814 g/mol. The highest BCUT2D eigenvalue weighted by atomic mass is 79.9. The van der Waals surface area contributed by atoms with Crippen molar-refractivity contribution in [3.8, 4) is 28.7 Å². The zero-order valence-corrected chi connectivity index (χ0v) is 32.8. The fourth-order valence-electron chi connectivity index (χ4n) is 6.98. The van der Waals surface area contributed by atoms with E-state index in [0.717, 1.165) is 57.1 Å². The number of hydrogen-bond acceptors (Lipinski definition) is 7. The molecule has 0 spiro atoms. The van der Waals surface area contributed by atoms with Crippen molar-refractivity contribution in [2.24, 2.45) is 0 Å². The van der Waals surface area contributed by atoms with Crippen molar-refractivity contribution in [2.75, 3.05) is 6.61 Å². The molecule has 0 bridgehead atoms. The van der Waals surface area contributed by atoms with E-state index in [2.05, 4.69) is 52.3 Å². The first-order valence-electron chi connectivity index (χ1n) is 19.3. The van der Waals surface area contributed by atoms with Gasteiger partial charge in [-0.1, -0.05) is 127 Å². The molecule has 286 valence electrons. The van der Waals surface area contributed by atoms with Crippen molar-refractivity contribution in [1.82, 2.24) is 0 Å². The lowest BCUT2D eigenvalue weighted by molar-refractivity contribution is -0.207. The van der Waals surface area contributed by atoms with Gasteiger partial charge in [0.15, 0.2) is 23.9 Å². The number of hydrogen-bond donors (Lipinski definition) is 0. The van der Waals surface area contributed by atoms with Gasteiger partial charge >= 0.3 is 0 Å². The summed E-state index contributed by atoms with van der Waals surface area (Å²) in [6, 6.07) is 48.5. The summed E-state index contributed by atoms with van der Waals surface area (Å²) < 4.78 is 46.7. The van der Waals surface area contributed by atoms with Gasteiger partial charge in [0.05, 0.1) is 0 Å². The summed E-state index contributed by atoms with van der Waals surface area (Å²) in [5.74, 6) is 3.23. The summed E-state index contributed by atoms with van der Waals surface area (Å²) in [5, 5.41) is 0. The lowest BCUT2D eigenvalue weighted by Crippen LogP contribution is -2.38. The number of ether oxygens (including phenoxy) is 7. The van der Waals surface area contributed by atoms with Gasteiger partial charge in [0.2, 0.25) is 0 Å². The van der Waals surface area contributed by atoms with Gasteiger partial charge in [0.1, 0.15) is 54.3 Å². The second-order valence-electron chi connectivity index (χ2n) is 14.0. The van der Waals surface area contributed by atoms with Crippen LogP contribution in [0.15, 0.2) is 150 Å². The van der Waals surface area contributed by atoms with Crippen molar-refractivity contribution in [3.05, 3.63) is 183 Å². The lowest BCUT2D eigenvalue weighted by atomic mass is 9.93. The minimum absolute atomic E-state index is 0.339. The quantitative estimate of drug-likeness (QED) is 0.102. The van der Waals surface area contributed by atoms with Crippen LogP contribution in [0.25, 0.3) is 0 Å². The van der Waals surface area contributed by atoms with Crippen LogP contribution < -0.4 is 23.7 Å². The summed E-state index contributed by atoms with van der Waals surface area (Å²) in [4.78, 5) is 0. The minimum atomic E-state index is -0.516. The number of fused-ring (bicyclic) bond motifs is 1. The van der Waals surface area contributed by atoms with Crippen LogP contribution in [0.3, 0.4) is 0 Å². The molecule has 0 radical (unpaired) electrons. The van der Waals surface area contributed by atoms with Gasteiger partial charge in [-0.25, -0.2) is 0 Å². The Hall–Kier alpha value is -5.28. The van der Waals surface area contributed by atoms with Crippen LogP contribution in [-0.4, -0.2) is 19.0 Å². The first-order chi connectivity index (χ1) is 27.7. The largest absolute Gasteiger partial charge is 0.488 e. The van der Waals surface area contributed by atoms with E-state index in [1.165, 1.54) is 0 Å². The molecule has 6 aromatic rings. The third-order valence-corrected chi connectivity index (χ3v) is 10.7. The molecule has 3 atom stereocenters. The smallest absolute Gasteiger partial charge is 0.162 e. The molecule has 2 aliphatic rings. The maximum atomic E-state index is 7.09. The minimum Gasteiger partial charge on any atom is -0.488 e. The zero-order valence-electron chi connectivity index (χ0n) is 31.2. The van der Waals surface area contributed by atoms with E-state index in [0.29, 0.717) is 68.2 Å². The topological polar surface area (TPSA) is 64.6 Å². The van der Waals surface area contributed by atoms with Crippen LogP contribution in [0.5, 0.6) is 28.7 Å². The molecule has 0 saturated carbocycles. The summed E-state index contributed by atoms with van der Waals surface area (Å²) in [6.07, 6.45) is 2.16. The van der Waals surface area contributed by atoms with Crippen LogP contribution in [0.2, 0.25) is 0 Å². The van der Waals surface area contributed by atoms with E-state index in [-0.39, 0.29) is 6.29 Å². The van der Waals surface area contributed by atoms with Gasteiger partial charge in [0, 0.05) is 24.7 Å².